The van der Waals surface area contributed by atoms with Crippen LogP contribution < -0.4 is 10.2 Å². The highest BCUT2D eigenvalue weighted by Crippen LogP contribution is 2.39. The van der Waals surface area contributed by atoms with Gasteiger partial charge in [0.2, 0.25) is 0 Å². The minimum absolute atomic E-state index is 0.204. The molecular formula is C24H23FN4O2. The zero-order valence-electron chi connectivity index (χ0n) is 17.4. The molecule has 0 aliphatic carbocycles. The second-order valence-electron chi connectivity index (χ2n) is 8.00. The summed E-state index contributed by atoms with van der Waals surface area (Å²) in [5.74, 6) is 0.157. The van der Waals surface area contributed by atoms with Crippen molar-refractivity contribution in [2.75, 3.05) is 23.3 Å². The fourth-order valence-corrected chi connectivity index (χ4v) is 3.81. The third-order valence-electron chi connectivity index (χ3n) is 5.50. The van der Waals surface area contributed by atoms with E-state index in [0.717, 1.165) is 16.7 Å². The maximum Gasteiger partial charge on any atom is 0.257 e. The summed E-state index contributed by atoms with van der Waals surface area (Å²) >= 11 is 0. The summed E-state index contributed by atoms with van der Waals surface area (Å²) < 4.78 is 14.6. The van der Waals surface area contributed by atoms with E-state index in [4.69, 9.17) is 0 Å². The van der Waals surface area contributed by atoms with Crippen molar-refractivity contribution < 1.29 is 14.0 Å². The van der Waals surface area contributed by atoms with E-state index in [2.05, 4.69) is 15.3 Å². The van der Waals surface area contributed by atoms with Crippen LogP contribution in [-0.2, 0) is 0 Å². The molecule has 31 heavy (non-hydrogen) atoms. The van der Waals surface area contributed by atoms with E-state index < -0.39 is 5.67 Å². The molecule has 1 atom stereocenters. The summed E-state index contributed by atoms with van der Waals surface area (Å²) in [6.07, 6.45) is 4.06. The Hall–Kier alpha value is -3.61. The zero-order valence-corrected chi connectivity index (χ0v) is 17.4. The molecule has 0 bridgehead atoms. The first-order chi connectivity index (χ1) is 14.9. The van der Waals surface area contributed by atoms with Crippen LogP contribution in [0.1, 0.15) is 39.8 Å². The highest BCUT2D eigenvalue weighted by Gasteiger charge is 2.35. The van der Waals surface area contributed by atoms with E-state index in [-0.39, 0.29) is 18.1 Å². The second kappa shape index (κ2) is 8.26. The van der Waals surface area contributed by atoms with Crippen molar-refractivity contribution in [3.63, 3.8) is 0 Å². The van der Waals surface area contributed by atoms with E-state index in [1.807, 2.05) is 42.2 Å². The van der Waals surface area contributed by atoms with Crippen LogP contribution in [0.4, 0.5) is 15.9 Å². The van der Waals surface area contributed by atoms with Crippen LogP contribution in [0.2, 0.25) is 0 Å². The number of halogens is 1. The number of carbonyl (C=O) groups is 2. The first-order valence-electron chi connectivity index (χ1n) is 10.1. The molecule has 1 unspecified atom stereocenters. The van der Waals surface area contributed by atoms with Gasteiger partial charge in [0.1, 0.15) is 11.4 Å². The Labute approximate surface area is 180 Å². The van der Waals surface area contributed by atoms with Gasteiger partial charge in [0.15, 0.2) is 12.1 Å². The Morgan fingerprint density at radius 1 is 1.16 bits per heavy atom. The van der Waals surface area contributed by atoms with Crippen molar-refractivity contribution in [3.8, 4) is 11.1 Å². The summed E-state index contributed by atoms with van der Waals surface area (Å²) in [7, 11) is 0. The van der Waals surface area contributed by atoms with Gasteiger partial charge in [0.25, 0.3) is 5.91 Å². The highest BCUT2D eigenvalue weighted by atomic mass is 19.1. The Morgan fingerprint density at radius 3 is 2.61 bits per heavy atom. The third kappa shape index (κ3) is 4.30. The number of alkyl halides is 1. The number of rotatable bonds is 5. The number of nitrogens with one attached hydrogen (secondary N) is 1. The molecule has 158 valence electrons. The number of benzene rings is 1. The van der Waals surface area contributed by atoms with E-state index in [0.29, 0.717) is 36.3 Å². The Bertz CT molecular complexity index is 1130. The number of aryl methyl sites for hydroxylation is 1. The normalized spacial score (nSPS) is 18.1. The molecule has 1 aliphatic rings. The van der Waals surface area contributed by atoms with Gasteiger partial charge in [-0.3, -0.25) is 14.6 Å². The lowest BCUT2D eigenvalue weighted by molar-refractivity contribution is 0.102. The number of amides is 1. The minimum atomic E-state index is -1.31. The molecule has 0 spiro atoms. The zero-order chi connectivity index (χ0) is 22.0. The largest absolute Gasteiger partial charge is 0.352 e. The topological polar surface area (TPSA) is 75.2 Å². The smallest absolute Gasteiger partial charge is 0.257 e. The van der Waals surface area contributed by atoms with E-state index in [1.165, 1.54) is 12.3 Å². The summed E-state index contributed by atoms with van der Waals surface area (Å²) in [6.45, 7) is 4.29. The average Bonchev–Trinajstić information content (AvgIpc) is 3.14. The summed E-state index contributed by atoms with van der Waals surface area (Å²) in [6, 6.07) is 12.7. The van der Waals surface area contributed by atoms with Crippen molar-refractivity contribution in [3.05, 3.63) is 71.7 Å². The fraction of sp³-hybridized carbons (Fsp3) is 0.250. The predicted molar refractivity (Wildman–Crippen MR) is 118 cm³/mol. The van der Waals surface area contributed by atoms with Gasteiger partial charge >= 0.3 is 0 Å². The lowest BCUT2D eigenvalue weighted by Crippen LogP contribution is -2.28. The molecular weight excluding hydrogens is 395 g/mol. The van der Waals surface area contributed by atoms with E-state index >= 15 is 0 Å². The predicted octanol–water partition coefficient (Wildman–Crippen LogP) is 4.46. The molecule has 0 radical (unpaired) electrons. The van der Waals surface area contributed by atoms with Crippen LogP contribution in [-0.4, -0.2) is 40.9 Å². The third-order valence-corrected chi connectivity index (χ3v) is 5.50. The molecule has 1 amide bonds. The molecule has 3 heterocycles. The average molecular weight is 418 g/mol. The molecule has 1 saturated heterocycles. The van der Waals surface area contributed by atoms with Gasteiger partial charge in [-0.1, -0.05) is 24.3 Å². The number of carbonyl (C=O) groups excluding carboxylic acids is 2. The number of aldehydes is 1. The van der Waals surface area contributed by atoms with Crippen molar-refractivity contribution in [2.24, 2.45) is 0 Å². The van der Waals surface area contributed by atoms with Crippen molar-refractivity contribution in [1.82, 2.24) is 9.97 Å². The first kappa shape index (κ1) is 20.7. The molecule has 3 aromatic rings. The molecule has 1 aromatic carbocycles. The molecule has 0 saturated carbocycles. The van der Waals surface area contributed by atoms with Gasteiger partial charge < -0.3 is 10.2 Å². The molecule has 1 N–H and O–H groups in total. The Kier molecular flexibility index (Phi) is 5.50. The van der Waals surface area contributed by atoms with Crippen LogP contribution in [0.25, 0.3) is 11.1 Å². The van der Waals surface area contributed by atoms with Crippen molar-refractivity contribution in [1.29, 1.82) is 0 Å². The van der Waals surface area contributed by atoms with Crippen molar-refractivity contribution in [2.45, 2.75) is 25.9 Å². The van der Waals surface area contributed by atoms with Gasteiger partial charge in [-0.05, 0) is 43.2 Å². The fourth-order valence-electron chi connectivity index (χ4n) is 3.81. The second-order valence-corrected chi connectivity index (χ2v) is 8.00. The molecule has 2 aromatic heterocycles. The number of aromatic nitrogens is 2. The van der Waals surface area contributed by atoms with Crippen LogP contribution in [0.3, 0.4) is 0 Å². The lowest BCUT2D eigenvalue weighted by atomic mass is 9.99. The van der Waals surface area contributed by atoms with Gasteiger partial charge in [0, 0.05) is 30.9 Å². The molecule has 1 aliphatic heterocycles. The first-order valence-corrected chi connectivity index (χ1v) is 10.1. The summed E-state index contributed by atoms with van der Waals surface area (Å²) in [4.78, 5) is 34.2. The Morgan fingerprint density at radius 2 is 1.97 bits per heavy atom. The Balaban J connectivity index is 1.78. The maximum atomic E-state index is 14.6. The van der Waals surface area contributed by atoms with Crippen molar-refractivity contribution >= 4 is 23.7 Å². The monoisotopic (exact) mass is 418 g/mol. The number of pyridine rings is 2. The standard InChI is InChI=1S/C24H23FN4O2/c1-16-5-3-4-6-19(16)20-9-11-26-22(29-12-10-24(2,25)15-29)21(20)28-23(31)17-7-8-18(14-30)27-13-17/h3-9,11,13-14H,10,12,15H2,1-2H3,(H,28,31). The highest BCUT2D eigenvalue weighted by molar-refractivity contribution is 6.08. The molecule has 4 rings (SSSR count). The van der Waals surface area contributed by atoms with E-state index in [1.54, 1.807) is 19.2 Å². The van der Waals surface area contributed by atoms with E-state index in [9.17, 15) is 14.0 Å². The van der Waals surface area contributed by atoms with Crippen LogP contribution in [0.5, 0.6) is 0 Å². The van der Waals surface area contributed by atoms with Crippen LogP contribution in [0.15, 0.2) is 54.9 Å². The number of hydrogen-bond donors (Lipinski definition) is 1. The van der Waals surface area contributed by atoms with Crippen LogP contribution in [0, 0.1) is 6.92 Å². The SMILES string of the molecule is Cc1ccccc1-c1ccnc(N2CCC(C)(F)C2)c1NC(=O)c1ccc(C=O)nc1. The lowest BCUT2D eigenvalue weighted by Gasteiger charge is -2.24. The number of hydrogen-bond acceptors (Lipinski definition) is 5. The maximum absolute atomic E-state index is 14.6. The van der Waals surface area contributed by atoms with Crippen LogP contribution >= 0.6 is 0 Å². The number of nitrogens with zero attached hydrogens (tertiary/aromatic N) is 3. The van der Waals surface area contributed by atoms with Gasteiger partial charge in [-0.25, -0.2) is 9.37 Å². The summed E-state index contributed by atoms with van der Waals surface area (Å²) in [5, 5.41) is 2.97. The molecule has 7 heteroatoms. The minimum Gasteiger partial charge on any atom is -0.352 e. The molecule has 6 nitrogen and oxygen atoms in total. The molecule has 1 fully saturated rings. The number of anilines is 2. The quantitative estimate of drug-likeness (QED) is 0.620. The van der Waals surface area contributed by atoms with Gasteiger partial charge in [0.05, 0.1) is 17.8 Å². The van der Waals surface area contributed by atoms with Gasteiger partial charge in [-0.2, -0.15) is 0 Å². The van der Waals surface area contributed by atoms with Gasteiger partial charge in [-0.15, -0.1) is 0 Å². The summed E-state index contributed by atoms with van der Waals surface area (Å²) in [5.41, 5.74) is 2.59.